The zero-order chi connectivity index (χ0) is 14.4. The van der Waals surface area contributed by atoms with Crippen molar-refractivity contribution in [1.29, 1.82) is 0 Å². The number of ether oxygens (including phenoxy) is 2. The third kappa shape index (κ3) is 3.84. The van der Waals surface area contributed by atoms with Crippen LogP contribution >= 0.6 is 0 Å². The number of nitro groups is 1. The van der Waals surface area contributed by atoms with Gasteiger partial charge in [0.25, 0.3) is 5.69 Å². The number of hydrogen-bond donors (Lipinski definition) is 0. The van der Waals surface area contributed by atoms with Gasteiger partial charge < -0.3 is 14.4 Å². The van der Waals surface area contributed by atoms with Crippen LogP contribution in [-0.4, -0.2) is 38.7 Å². The predicted octanol–water partition coefficient (Wildman–Crippen LogP) is 1.60. The van der Waals surface area contributed by atoms with Crippen LogP contribution in [0.3, 0.4) is 0 Å². The number of methoxy groups -OCH3 is 2. The van der Waals surface area contributed by atoms with Crippen LogP contribution in [0.1, 0.15) is 6.42 Å². The molecule has 0 N–H and O–H groups in total. The molecule has 0 unspecified atom stereocenters. The highest BCUT2D eigenvalue weighted by Crippen LogP contribution is 2.31. The van der Waals surface area contributed by atoms with Crippen LogP contribution < -0.4 is 9.64 Å². The summed E-state index contributed by atoms with van der Waals surface area (Å²) in [4.78, 5) is 23.2. The van der Waals surface area contributed by atoms with Crippen molar-refractivity contribution in [3.8, 4) is 5.75 Å². The molecule has 0 aliphatic carbocycles. The Morgan fingerprint density at radius 1 is 1.42 bits per heavy atom. The molecule has 1 aromatic rings. The molecule has 1 rings (SSSR count). The van der Waals surface area contributed by atoms with E-state index in [4.69, 9.17) is 4.74 Å². The highest BCUT2D eigenvalue weighted by Gasteiger charge is 2.18. The minimum Gasteiger partial charge on any atom is -0.497 e. The zero-order valence-electron chi connectivity index (χ0n) is 11.1. The fourth-order valence-corrected chi connectivity index (χ4v) is 1.57. The third-order valence-corrected chi connectivity index (χ3v) is 2.67. The molecular formula is C12H16N2O5. The molecule has 1 aromatic carbocycles. The van der Waals surface area contributed by atoms with Crippen molar-refractivity contribution in [3.05, 3.63) is 28.3 Å². The fourth-order valence-electron chi connectivity index (χ4n) is 1.57. The summed E-state index contributed by atoms with van der Waals surface area (Å²) < 4.78 is 9.58. The fraction of sp³-hybridized carbons (Fsp3) is 0.417. The van der Waals surface area contributed by atoms with Gasteiger partial charge in [-0.2, -0.15) is 0 Å². The molecule has 0 fully saturated rings. The van der Waals surface area contributed by atoms with Crippen molar-refractivity contribution in [2.45, 2.75) is 6.42 Å². The Hall–Kier alpha value is -2.31. The van der Waals surface area contributed by atoms with Gasteiger partial charge in [0.1, 0.15) is 11.4 Å². The second kappa shape index (κ2) is 6.58. The Kier molecular flexibility index (Phi) is 5.11. The number of carbonyl (C=O) groups is 1. The maximum Gasteiger partial charge on any atom is 0.307 e. The number of rotatable bonds is 6. The van der Waals surface area contributed by atoms with Gasteiger partial charge in [0.05, 0.1) is 25.6 Å². The molecule has 104 valence electrons. The Morgan fingerprint density at radius 3 is 2.63 bits per heavy atom. The molecule has 0 saturated carbocycles. The van der Waals surface area contributed by atoms with Crippen molar-refractivity contribution < 1.29 is 19.2 Å². The van der Waals surface area contributed by atoms with E-state index < -0.39 is 4.92 Å². The van der Waals surface area contributed by atoms with Crippen LogP contribution in [0.4, 0.5) is 11.4 Å². The van der Waals surface area contributed by atoms with E-state index in [9.17, 15) is 14.9 Å². The van der Waals surface area contributed by atoms with Crippen LogP contribution in [0.25, 0.3) is 0 Å². The quantitative estimate of drug-likeness (QED) is 0.443. The summed E-state index contributed by atoms with van der Waals surface area (Å²) in [6.45, 7) is 0.320. The van der Waals surface area contributed by atoms with E-state index in [0.717, 1.165) is 0 Å². The van der Waals surface area contributed by atoms with Gasteiger partial charge in [0, 0.05) is 25.7 Å². The minimum absolute atomic E-state index is 0.0341. The van der Waals surface area contributed by atoms with E-state index in [1.54, 1.807) is 18.0 Å². The van der Waals surface area contributed by atoms with Crippen molar-refractivity contribution >= 4 is 17.3 Å². The summed E-state index contributed by atoms with van der Waals surface area (Å²) in [7, 11) is 4.46. The van der Waals surface area contributed by atoms with E-state index in [1.165, 1.54) is 26.4 Å². The van der Waals surface area contributed by atoms with Gasteiger partial charge in [-0.1, -0.05) is 0 Å². The van der Waals surface area contributed by atoms with Crippen molar-refractivity contribution in [3.63, 3.8) is 0 Å². The van der Waals surface area contributed by atoms with Crippen LogP contribution in [0.5, 0.6) is 5.75 Å². The molecule has 0 amide bonds. The molecule has 0 bridgehead atoms. The monoisotopic (exact) mass is 268 g/mol. The number of anilines is 1. The summed E-state index contributed by atoms with van der Waals surface area (Å²) in [5, 5.41) is 11.0. The SMILES string of the molecule is COC(=O)CCN(C)c1cc(OC)ccc1[N+](=O)[O-]. The number of benzene rings is 1. The number of esters is 1. The predicted molar refractivity (Wildman–Crippen MR) is 69.6 cm³/mol. The normalized spacial score (nSPS) is 9.84. The maximum absolute atomic E-state index is 11.1. The lowest BCUT2D eigenvalue weighted by Crippen LogP contribution is -2.22. The van der Waals surface area contributed by atoms with E-state index in [-0.39, 0.29) is 18.1 Å². The Morgan fingerprint density at radius 2 is 2.11 bits per heavy atom. The number of carbonyl (C=O) groups excluding carboxylic acids is 1. The van der Waals surface area contributed by atoms with E-state index in [0.29, 0.717) is 18.0 Å². The second-order valence-electron chi connectivity index (χ2n) is 3.86. The summed E-state index contributed by atoms with van der Waals surface area (Å²) in [6.07, 6.45) is 0.154. The second-order valence-corrected chi connectivity index (χ2v) is 3.86. The Bertz CT molecular complexity index is 475. The van der Waals surface area contributed by atoms with Crippen molar-refractivity contribution in [2.24, 2.45) is 0 Å². The standard InChI is InChI=1S/C12H16N2O5/c1-13(7-6-12(15)19-3)11-8-9(18-2)4-5-10(11)14(16)17/h4-5,8H,6-7H2,1-3H3. The first-order chi connectivity index (χ1) is 8.99. The number of nitrogens with zero attached hydrogens (tertiary/aromatic N) is 2. The van der Waals surface area contributed by atoms with Gasteiger partial charge in [0.2, 0.25) is 0 Å². The first kappa shape index (κ1) is 14.7. The topological polar surface area (TPSA) is 81.9 Å². The first-order valence-corrected chi connectivity index (χ1v) is 5.60. The average Bonchev–Trinajstić information content (AvgIpc) is 2.43. The number of hydrogen-bond acceptors (Lipinski definition) is 6. The lowest BCUT2D eigenvalue weighted by molar-refractivity contribution is -0.384. The van der Waals surface area contributed by atoms with Crippen molar-refractivity contribution in [1.82, 2.24) is 0 Å². The Labute approximate surface area is 110 Å². The van der Waals surface area contributed by atoms with Gasteiger partial charge in [-0.15, -0.1) is 0 Å². The molecule has 19 heavy (non-hydrogen) atoms. The highest BCUT2D eigenvalue weighted by molar-refractivity contribution is 5.71. The van der Waals surface area contributed by atoms with Crippen LogP contribution in [0, 0.1) is 10.1 Å². The van der Waals surface area contributed by atoms with Gasteiger partial charge in [0.15, 0.2) is 0 Å². The van der Waals surface area contributed by atoms with E-state index in [2.05, 4.69) is 4.74 Å². The lowest BCUT2D eigenvalue weighted by Gasteiger charge is -2.19. The molecule has 0 aliphatic rings. The van der Waals surface area contributed by atoms with Gasteiger partial charge in [-0.05, 0) is 6.07 Å². The average molecular weight is 268 g/mol. The summed E-state index contributed by atoms with van der Waals surface area (Å²) in [5.74, 6) is 0.155. The highest BCUT2D eigenvalue weighted by atomic mass is 16.6. The maximum atomic E-state index is 11.1. The van der Waals surface area contributed by atoms with E-state index in [1.807, 2.05) is 0 Å². The first-order valence-electron chi connectivity index (χ1n) is 5.60. The van der Waals surface area contributed by atoms with E-state index >= 15 is 0 Å². The molecular weight excluding hydrogens is 252 g/mol. The lowest BCUT2D eigenvalue weighted by atomic mass is 10.2. The number of nitro benzene ring substituents is 1. The molecule has 0 spiro atoms. The third-order valence-electron chi connectivity index (χ3n) is 2.67. The summed E-state index contributed by atoms with van der Waals surface area (Å²) >= 11 is 0. The molecule has 7 nitrogen and oxygen atoms in total. The molecule has 7 heteroatoms. The van der Waals surface area contributed by atoms with Crippen molar-refractivity contribution in [2.75, 3.05) is 32.7 Å². The summed E-state index contributed by atoms with van der Waals surface area (Å²) in [6, 6.07) is 4.47. The smallest absolute Gasteiger partial charge is 0.307 e. The zero-order valence-corrected chi connectivity index (χ0v) is 11.1. The molecule has 0 atom stereocenters. The van der Waals surface area contributed by atoms with Gasteiger partial charge >= 0.3 is 5.97 Å². The van der Waals surface area contributed by atoms with Crippen LogP contribution in [0.2, 0.25) is 0 Å². The largest absolute Gasteiger partial charge is 0.497 e. The van der Waals surface area contributed by atoms with Gasteiger partial charge in [-0.3, -0.25) is 14.9 Å². The Balaban J connectivity index is 2.95. The molecule has 0 radical (unpaired) electrons. The van der Waals surface area contributed by atoms with Crippen LogP contribution in [0.15, 0.2) is 18.2 Å². The van der Waals surface area contributed by atoms with Gasteiger partial charge in [-0.25, -0.2) is 0 Å². The van der Waals surface area contributed by atoms with Crippen LogP contribution in [-0.2, 0) is 9.53 Å². The molecule has 0 aliphatic heterocycles. The summed E-state index contributed by atoms with van der Waals surface area (Å²) in [5.41, 5.74) is 0.362. The molecule has 0 aromatic heterocycles. The molecule has 0 heterocycles. The minimum atomic E-state index is -0.469. The molecule has 0 saturated heterocycles.